The molecule has 2 heterocycles. The number of thiazole rings is 1. The van der Waals surface area contributed by atoms with Crippen molar-refractivity contribution in [3.05, 3.63) is 88.0 Å². The van der Waals surface area contributed by atoms with Crippen molar-refractivity contribution in [2.75, 3.05) is 12.9 Å². The summed E-state index contributed by atoms with van der Waals surface area (Å²) in [6.07, 6.45) is 3.56. The topological polar surface area (TPSA) is 80.9 Å². The zero-order chi connectivity index (χ0) is 24.6. The summed E-state index contributed by atoms with van der Waals surface area (Å²) in [5.41, 5.74) is 1.67. The maximum Gasteiger partial charge on any atom is 0.338 e. The largest absolute Gasteiger partial charge is 0.506 e. The normalized spacial score (nSPS) is 15.8. The summed E-state index contributed by atoms with van der Waals surface area (Å²) in [6.45, 7) is 3.69. The van der Waals surface area contributed by atoms with Crippen LogP contribution in [0, 0.1) is 0 Å². The van der Waals surface area contributed by atoms with Gasteiger partial charge in [-0.25, -0.2) is 9.79 Å². The van der Waals surface area contributed by atoms with Crippen molar-refractivity contribution in [2.45, 2.75) is 24.8 Å². The molecule has 0 unspecified atom stereocenters. The van der Waals surface area contributed by atoms with Crippen LogP contribution in [0.3, 0.4) is 0 Å². The number of ether oxygens (including phenoxy) is 1. The zero-order valence-corrected chi connectivity index (χ0v) is 22.4. The SMILES string of the molecule is CCOC(=O)C1=C(C)N=c2s/c(=C\c3cc(Br)cc(Cl)c3O)c(=O)n2[C@H]1c1ccc(SC)cc1. The van der Waals surface area contributed by atoms with Gasteiger partial charge in [-0.3, -0.25) is 9.36 Å². The van der Waals surface area contributed by atoms with Crippen molar-refractivity contribution in [1.29, 1.82) is 0 Å². The molecule has 34 heavy (non-hydrogen) atoms. The van der Waals surface area contributed by atoms with Gasteiger partial charge in [0, 0.05) is 14.9 Å². The van der Waals surface area contributed by atoms with Gasteiger partial charge in [-0.15, -0.1) is 11.8 Å². The number of carbonyl (C=O) groups excluding carboxylic acids is 1. The van der Waals surface area contributed by atoms with Crippen LogP contribution in [0.15, 0.2) is 66.8 Å². The van der Waals surface area contributed by atoms with Crippen molar-refractivity contribution >= 4 is 62.7 Å². The Bertz CT molecular complexity index is 1490. The molecule has 6 nitrogen and oxygen atoms in total. The van der Waals surface area contributed by atoms with Crippen LogP contribution >= 0.6 is 50.6 Å². The molecule has 0 spiro atoms. The molecule has 0 radical (unpaired) electrons. The second-order valence-electron chi connectivity index (χ2n) is 7.40. The van der Waals surface area contributed by atoms with Gasteiger partial charge >= 0.3 is 5.97 Å². The third-order valence-corrected chi connectivity index (χ3v) is 7.77. The van der Waals surface area contributed by atoms with E-state index >= 15 is 0 Å². The van der Waals surface area contributed by atoms with Gasteiger partial charge in [-0.1, -0.05) is 51.0 Å². The highest BCUT2D eigenvalue weighted by Crippen LogP contribution is 2.33. The van der Waals surface area contributed by atoms with Gasteiger partial charge in [0.2, 0.25) is 0 Å². The number of nitrogens with zero attached hydrogens (tertiary/aromatic N) is 2. The van der Waals surface area contributed by atoms with E-state index in [1.54, 1.807) is 43.8 Å². The van der Waals surface area contributed by atoms with Gasteiger partial charge in [-0.05, 0) is 56.0 Å². The van der Waals surface area contributed by atoms with Crippen LogP contribution < -0.4 is 14.9 Å². The number of benzene rings is 2. The van der Waals surface area contributed by atoms with Crippen molar-refractivity contribution in [1.82, 2.24) is 4.57 Å². The fourth-order valence-corrected chi connectivity index (χ4v) is 6.01. The zero-order valence-electron chi connectivity index (χ0n) is 18.5. The molecular formula is C24H20BrClN2O4S2. The molecule has 176 valence electrons. The summed E-state index contributed by atoms with van der Waals surface area (Å²) in [4.78, 5) is 32.6. The molecule has 1 aromatic heterocycles. The Balaban J connectivity index is 1.97. The molecule has 0 saturated carbocycles. The minimum absolute atomic E-state index is 0.122. The number of hydrogen-bond acceptors (Lipinski definition) is 7. The Morgan fingerprint density at radius 1 is 1.35 bits per heavy atom. The number of phenols is 1. The minimum Gasteiger partial charge on any atom is -0.506 e. The number of allylic oxidation sites excluding steroid dienone is 1. The van der Waals surface area contributed by atoms with Gasteiger partial charge in [0.25, 0.3) is 5.56 Å². The third-order valence-electron chi connectivity index (χ3n) is 5.29. The van der Waals surface area contributed by atoms with Crippen molar-refractivity contribution in [3.8, 4) is 5.75 Å². The van der Waals surface area contributed by atoms with E-state index < -0.39 is 12.0 Å². The molecule has 1 aliphatic rings. The molecule has 1 N–H and O–H groups in total. The molecule has 4 rings (SSSR count). The predicted octanol–water partition coefficient (Wildman–Crippen LogP) is 4.64. The second kappa shape index (κ2) is 10.1. The van der Waals surface area contributed by atoms with E-state index in [4.69, 9.17) is 16.3 Å². The van der Waals surface area contributed by atoms with Gasteiger partial charge in [0.1, 0.15) is 5.75 Å². The first-order valence-corrected chi connectivity index (χ1v) is 13.5. The van der Waals surface area contributed by atoms with Crippen molar-refractivity contribution in [2.24, 2.45) is 4.99 Å². The van der Waals surface area contributed by atoms with Crippen LogP contribution in [0.5, 0.6) is 5.75 Å². The Morgan fingerprint density at radius 2 is 2.06 bits per heavy atom. The lowest BCUT2D eigenvalue weighted by Crippen LogP contribution is -2.39. The van der Waals surface area contributed by atoms with E-state index in [1.807, 2.05) is 30.5 Å². The van der Waals surface area contributed by atoms with Gasteiger partial charge in [0.15, 0.2) is 4.80 Å². The molecule has 3 aromatic rings. The summed E-state index contributed by atoms with van der Waals surface area (Å²) in [5, 5.41) is 10.6. The van der Waals surface area contributed by atoms with E-state index in [-0.39, 0.29) is 22.9 Å². The molecule has 10 heteroatoms. The molecule has 1 aliphatic heterocycles. The number of esters is 1. The summed E-state index contributed by atoms with van der Waals surface area (Å²) in [7, 11) is 0. The van der Waals surface area contributed by atoms with Crippen LogP contribution in [0.1, 0.15) is 31.0 Å². The standard InChI is InChI=1S/C24H20BrClN2O4S2/c1-4-32-23(31)19-12(2)27-24-28(20(19)13-5-7-16(33-3)8-6-13)22(30)18(34-24)10-14-9-15(25)11-17(26)21(14)29/h5-11,20,29H,4H2,1-3H3/b18-10-/t20-/m0/s1. The maximum absolute atomic E-state index is 13.6. The van der Waals surface area contributed by atoms with Crippen LogP contribution in [-0.2, 0) is 9.53 Å². The number of carbonyl (C=O) groups is 1. The summed E-state index contributed by atoms with van der Waals surface area (Å²) >= 11 is 12.2. The molecule has 0 aliphatic carbocycles. The average Bonchev–Trinajstić information content (AvgIpc) is 3.10. The number of thioether (sulfide) groups is 1. The van der Waals surface area contributed by atoms with Crippen LogP contribution in [0.4, 0.5) is 0 Å². The lowest BCUT2D eigenvalue weighted by molar-refractivity contribution is -0.139. The monoisotopic (exact) mass is 578 g/mol. The number of phenolic OH excluding ortho intramolecular Hbond substituents is 1. The van der Waals surface area contributed by atoms with E-state index in [0.29, 0.717) is 30.6 Å². The van der Waals surface area contributed by atoms with Gasteiger partial charge in [-0.2, -0.15) is 0 Å². The highest BCUT2D eigenvalue weighted by atomic mass is 79.9. The average molecular weight is 580 g/mol. The second-order valence-corrected chi connectivity index (χ2v) is 10.6. The Morgan fingerprint density at radius 3 is 2.71 bits per heavy atom. The quantitative estimate of drug-likeness (QED) is 0.352. The first-order chi connectivity index (χ1) is 16.2. The van der Waals surface area contributed by atoms with Crippen molar-refractivity contribution in [3.63, 3.8) is 0 Å². The van der Waals surface area contributed by atoms with E-state index in [2.05, 4.69) is 20.9 Å². The first kappa shape index (κ1) is 24.8. The maximum atomic E-state index is 13.6. The van der Waals surface area contributed by atoms with Crippen molar-refractivity contribution < 1.29 is 14.6 Å². The van der Waals surface area contributed by atoms with E-state index in [1.165, 1.54) is 15.9 Å². The Hall–Kier alpha value is -2.33. The Labute approximate surface area is 217 Å². The summed E-state index contributed by atoms with van der Waals surface area (Å²) in [5.74, 6) is -0.628. The number of hydrogen-bond donors (Lipinski definition) is 1. The minimum atomic E-state index is -0.687. The molecule has 0 fully saturated rings. The number of fused-ring (bicyclic) bond motifs is 1. The lowest BCUT2D eigenvalue weighted by atomic mass is 9.96. The van der Waals surface area contributed by atoms with Gasteiger partial charge in [0.05, 0.1) is 33.5 Å². The summed E-state index contributed by atoms with van der Waals surface area (Å²) in [6, 6.07) is 10.3. The fraction of sp³-hybridized carbons (Fsp3) is 0.208. The molecule has 0 saturated heterocycles. The third kappa shape index (κ3) is 4.62. The number of rotatable bonds is 5. The smallest absolute Gasteiger partial charge is 0.338 e. The molecular weight excluding hydrogens is 560 g/mol. The molecule has 0 bridgehead atoms. The lowest BCUT2D eigenvalue weighted by Gasteiger charge is -2.24. The molecule has 1 atom stereocenters. The van der Waals surface area contributed by atoms with Crippen LogP contribution in [-0.4, -0.2) is 28.5 Å². The van der Waals surface area contributed by atoms with E-state index in [0.717, 1.165) is 10.5 Å². The number of halogens is 2. The number of aromatic nitrogens is 1. The highest BCUT2D eigenvalue weighted by Gasteiger charge is 2.33. The fourth-order valence-electron chi connectivity index (χ4n) is 3.73. The predicted molar refractivity (Wildman–Crippen MR) is 139 cm³/mol. The van der Waals surface area contributed by atoms with E-state index in [9.17, 15) is 14.7 Å². The summed E-state index contributed by atoms with van der Waals surface area (Å²) < 4.78 is 7.85. The highest BCUT2D eigenvalue weighted by molar-refractivity contribution is 9.10. The Kier molecular flexibility index (Phi) is 7.37. The number of aromatic hydroxyl groups is 1. The van der Waals surface area contributed by atoms with Crippen LogP contribution in [0.2, 0.25) is 5.02 Å². The van der Waals surface area contributed by atoms with Gasteiger partial charge < -0.3 is 9.84 Å². The first-order valence-electron chi connectivity index (χ1n) is 10.3. The molecule has 2 aromatic carbocycles. The van der Waals surface area contributed by atoms with Crippen LogP contribution in [0.25, 0.3) is 6.08 Å². The molecule has 0 amide bonds.